The van der Waals surface area contributed by atoms with Gasteiger partial charge in [0.1, 0.15) is 17.7 Å². The Kier molecular flexibility index (Phi) is 27.0. The molecule has 6 saturated heterocycles. The van der Waals surface area contributed by atoms with E-state index in [1.807, 2.05) is 87.4 Å². The van der Waals surface area contributed by atoms with Crippen molar-refractivity contribution in [1.29, 1.82) is 0 Å². The van der Waals surface area contributed by atoms with Gasteiger partial charge in [0.2, 0.25) is 0 Å². The molecule has 6 heterocycles. The van der Waals surface area contributed by atoms with Crippen molar-refractivity contribution in [3.63, 3.8) is 0 Å². The Morgan fingerprint density at radius 2 is 0.800 bits per heavy atom. The highest BCUT2D eigenvalue weighted by atomic mass is 16.6. The van der Waals surface area contributed by atoms with E-state index in [2.05, 4.69) is 176 Å². The summed E-state index contributed by atoms with van der Waals surface area (Å²) in [5.41, 5.74) is 13.6. The molecular formula is C81H119N5O4. The van der Waals surface area contributed by atoms with Gasteiger partial charge < -0.3 is 30.1 Å². The fraction of sp³-hybridized carbons (Fsp3) is 0.568. The fourth-order valence-corrected chi connectivity index (χ4v) is 16.4. The average molecular weight is 1230 g/mol. The van der Waals surface area contributed by atoms with Crippen molar-refractivity contribution in [2.75, 3.05) is 86.6 Å². The van der Waals surface area contributed by atoms with Crippen LogP contribution >= 0.6 is 0 Å². The number of piperidine rings is 5. The molecule has 0 amide bonds. The molecule has 9 heteroatoms. The van der Waals surface area contributed by atoms with Crippen molar-refractivity contribution in [2.45, 2.75) is 212 Å². The Balaban J connectivity index is 0.000000172. The van der Waals surface area contributed by atoms with Crippen LogP contribution in [0.5, 0.6) is 0 Å². The average Bonchev–Trinajstić information content (AvgIpc) is 1.54. The first-order valence-corrected chi connectivity index (χ1v) is 35.1. The van der Waals surface area contributed by atoms with Crippen LogP contribution in [0.3, 0.4) is 0 Å². The van der Waals surface area contributed by atoms with Gasteiger partial charge >= 0.3 is 0 Å². The fourth-order valence-electron chi connectivity index (χ4n) is 16.4. The van der Waals surface area contributed by atoms with Crippen LogP contribution in [0.4, 0.5) is 0 Å². The first-order valence-electron chi connectivity index (χ1n) is 35.1. The molecule has 5 spiro atoms. The number of carbonyl (C=O) groups excluding carboxylic acids is 3. The lowest BCUT2D eigenvalue weighted by molar-refractivity contribution is -0.128. The number of benzene rings is 5. The van der Waals surface area contributed by atoms with Gasteiger partial charge in [-0.15, -0.1) is 0 Å². The minimum Gasteiger partial charge on any atom is -0.364 e. The zero-order valence-corrected chi connectivity index (χ0v) is 57.9. The van der Waals surface area contributed by atoms with Gasteiger partial charge in [0.05, 0.1) is 22.3 Å². The van der Waals surface area contributed by atoms with Gasteiger partial charge in [0.15, 0.2) is 5.78 Å². The quantitative estimate of drug-likeness (QED) is 0.147. The van der Waals surface area contributed by atoms with Gasteiger partial charge in [-0.05, 0) is 220 Å². The second kappa shape index (κ2) is 32.9. The van der Waals surface area contributed by atoms with Crippen molar-refractivity contribution in [3.05, 3.63) is 183 Å². The second-order valence-electron chi connectivity index (χ2n) is 26.0. The third-order valence-electron chi connectivity index (χ3n) is 21.4. The molecular weight excluding hydrogens is 1110 g/mol. The lowest BCUT2D eigenvalue weighted by Crippen LogP contribution is -2.46. The summed E-state index contributed by atoms with van der Waals surface area (Å²) in [4.78, 5) is 44.5. The number of fused-ring (bicyclic) bond motifs is 13. The van der Waals surface area contributed by atoms with Crippen LogP contribution < -0.4 is 10.6 Å². The Morgan fingerprint density at radius 1 is 0.422 bits per heavy atom. The van der Waals surface area contributed by atoms with E-state index in [-0.39, 0.29) is 29.1 Å². The number of Topliss-reactive ketones (excluding diaryl/α,β-unsaturated/α-hetero) is 3. The van der Waals surface area contributed by atoms with Crippen LogP contribution in [0.15, 0.2) is 127 Å². The van der Waals surface area contributed by atoms with E-state index in [1.165, 1.54) is 96.4 Å². The molecule has 9 nitrogen and oxygen atoms in total. The van der Waals surface area contributed by atoms with Gasteiger partial charge in [-0.3, -0.25) is 14.4 Å². The molecule has 0 radical (unpaired) electrons. The number of epoxide rings is 1. The Hall–Kier alpha value is -5.39. The largest absolute Gasteiger partial charge is 0.364 e. The summed E-state index contributed by atoms with van der Waals surface area (Å²) >= 11 is 0. The Labute approximate surface area is 547 Å². The number of ketones is 3. The van der Waals surface area contributed by atoms with Crippen LogP contribution in [0.2, 0.25) is 0 Å². The van der Waals surface area contributed by atoms with E-state index in [0.29, 0.717) is 53.2 Å². The molecule has 2 unspecified atom stereocenters. The molecule has 11 aliphatic rings. The zero-order valence-electron chi connectivity index (χ0n) is 57.9. The molecule has 5 aromatic rings. The third kappa shape index (κ3) is 14.4. The van der Waals surface area contributed by atoms with Gasteiger partial charge in [0, 0.05) is 29.1 Å². The zero-order chi connectivity index (χ0) is 64.6. The number of ether oxygens (including phenoxy) is 1. The van der Waals surface area contributed by atoms with Crippen LogP contribution in [0.25, 0.3) is 6.08 Å². The summed E-state index contributed by atoms with van der Waals surface area (Å²) in [5.74, 6) is 1.31. The molecule has 0 saturated carbocycles. The minimum absolute atomic E-state index is 0. The first kappa shape index (κ1) is 73.7. The molecule has 2 N–H and O–H groups in total. The summed E-state index contributed by atoms with van der Waals surface area (Å²) in [7, 11) is 6.58. The van der Waals surface area contributed by atoms with Crippen LogP contribution in [0.1, 0.15) is 216 Å². The van der Waals surface area contributed by atoms with E-state index in [4.69, 9.17) is 4.74 Å². The van der Waals surface area contributed by atoms with Crippen molar-refractivity contribution >= 4 is 23.4 Å². The maximum atomic E-state index is 12.8. The first-order chi connectivity index (χ1) is 43.3. The molecule has 0 aromatic heterocycles. The van der Waals surface area contributed by atoms with Crippen molar-refractivity contribution in [3.8, 4) is 0 Å². The topological polar surface area (TPSA) is 97.5 Å². The maximum absolute atomic E-state index is 12.8. The second-order valence-corrected chi connectivity index (χ2v) is 26.0. The molecule has 0 bridgehead atoms. The molecule has 90 heavy (non-hydrogen) atoms. The SMILES string of the molecule is C.CC.CC.CC.CC.CC.CC1(C)C(=O)C2(CCNCC2)c2ccccc21.CN1CCC2(C=Cc3ccccc32)CC1.CN1CCC2(CC1)C(=O)Cc1ccccc12.CN1CCC2(CC1)c1ccccc1C1OC12.O=C1Cc2ccccc2C12CCNCC2. The highest BCUT2D eigenvalue weighted by molar-refractivity contribution is 6.03. The summed E-state index contributed by atoms with van der Waals surface area (Å²) in [6, 6.07) is 42.9. The molecule has 492 valence electrons. The molecule has 5 aliphatic carbocycles. The van der Waals surface area contributed by atoms with Crippen LogP contribution in [0, 0.1) is 0 Å². The van der Waals surface area contributed by atoms with E-state index in [0.717, 1.165) is 77.8 Å². The molecule has 2 atom stereocenters. The Bertz CT molecular complexity index is 3100. The summed E-state index contributed by atoms with van der Waals surface area (Å²) in [5, 5.41) is 6.70. The number of nitrogens with zero attached hydrogens (tertiary/aromatic N) is 3. The lowest BCUT2D eigenvalue weighted by Gasteiger charge is -2.39. The highest BCUT2D eigenvalue weighted by Crippen LogP contribution is 2.62. The van der Waals surface area contributed by atoms with E-state index >= 15 is 0 Å². The van der Waals surface area contributed by atoms with Crippen molar-refractivity contribution in [2.24, 2.45) is 0 Å². The van der Waals surface area contributed by atoms with Crippen molar-refractivity contribution in [1.82, 2.24) is 25.3 Å². The summed E-state index contributed by atoms with van der Waals surface area (Å²) in [6.07, 6.45) is 17.9. The molecule has 6 fully saturated rings. The number of hydrogen-bond donors (Lipinski definition) is 2. The highest BCUT2D eigenvalue weighted by Gasteiger charge is 2.63. The standard InChI is InChI=1S/C15H19NO.2C14H17NO.C14H17N.C13H15NO.5C2H6.CH4/c1-14(2)11-5-3-4-6-12(11)15(13(14)17)7-9-16-10-8-15;1-15-8-6-14(7-9-15)11-5-3-2-4-10(11)12-13(14)16-12;1-15-8-6-14(7-9-15)12-5-3-2-4-11(12)10-13(14)16;1-15-10-8-14(9-11-15)7-6-12-4-2-3-5-13(12)14;15-12-9-10-3-1-2-4-11(10)13(12)5-7-14-8-6-13;5*1-2;/h3-6,16H,7-10H2,1-2H3;2-5,12-13H,6-9H2,1H3;2-5H,6-10H2,1H3;2-7H,8-11H2,1H3;1-4,14H,5-9H2;5*1-2H3;1H4. The summed E-state index contributed by atoms with van der Waals surface area (Å²) < 4.78 is 5.89. The smallest absolute Gasteiger partial charge is 0.153 e. The number of allylic oxidation sites excluding steroid dienone is 1. The predicted octanol–water partition coefficient (Wildman–Crippen LogP) is 15.9. The van der Waals surface area contributed by atoms with Crippen LogP contribution in [-0.2, 0) is 64.5 Å². The van der Waals surface area contributed by atoms with Gasteiger partial charge in [-0.2, -0.15) is 0 Å². The summed E-state index contributed by atoms with van der Waals surface area (Å²) in [6.45, 7) is 34.9. The van der Waals surface area contributed by atoms with Crippen molar-refractivity contribution < 1.29 is 19.1 Å². The molecule has 16 rings (SSSR count). The van der Waals surface area contributed by atoms with Crippen LogP contribution in [-0.4, -0.2) is 125 Å². The number of hydrogen-bond acceptors (Lipinski definition) is 9. The number of rotatable bonds is 0. The van der Waals surface area contributed by atoms with E-state index in [9.17, 15) is 14.4 Å². The van der Waals surface area contributed by atoms with E-state index in [1.54, 1.807) is 11.1 Å². The van der Waals surface area contributed by atoms with Gasteiger partial charge in [0.25, 0.3) is 0 Å². The number of carbonyl (C=O) groups is 3. The van der Waals surface area contributed by atoms with E-state index < -0.39 is 0 Å². The lowest BCUT2D eigenvalue weighted by atomic mass is 9.71. The monoisotopic (exact) mass is 1230 g/mol. The third-order valence-corrected chi connectivity index (χ3v) is 21.4. The number of nitrogens with one attached hydrogen (secondary N) is 2. The Morgan fingerprint density at radius 3 is 1.30 bits per heavy atom. The normalized spacial score (nSPS) is 23.2. The predicted molar refractivity (Wildman–Crippen MR) is 381 cm³/mol. The molecule has 5 aromatic carbocycles. The van der Waals surface area contributed by atoms with Gasteiger partial charge in [-0.1, -0.05) is 210 Å². The van der Waals surface area contributed by atoms with Gasteiger partial charge in [-0.25, -0.2) is 0 Å². The minimum atomic E-state index is -0.312. The number of likely N-dealkylation sites (tertiary alicyclic amines) is 3. The maximum Gasteiger partial charge on any atom is 0.153 e. The molecule has 6 aliphatic heterocycles.